The predicted octanol–water partition coefficient (Wildman–Crippen LogP) is 2.95. The maximum Gasteiger partial charge on any atom is 0.316 e. The van der Waals surface area contributed by atoms with Crippen LogP contribution in [0.15, 0.2) is 36.4 Å². The van der Waals surface area contributed by atoms with E-state index in [1.807, 2.05) is 0 Å². The summed E-state index contributed by atoms with van der Waals surface area (Å²) in [6.45, 7) is 3.42. The summed E-state index contributed by atoms with van der Waals surface area (Å²) in [5.41, 5.74) is 6.80. The summed E-state index contributed by atoms with van der Waals surface area (Å²) < 4.78 is 33.6. The van der Waals surface area contributed by atoms with Gasteiger partial charge in [0.25, 0.3) is 0 Å². The van der Waals surface area contributed by atoms with Gasteiger partial charge in [-0.25, -0.2) is 13.6 Å². The third kappa shape index (κ3) is 4.52. The SMILES string of the molecule is NC(=O)Nc1ccc(F)c(-c2cc(F)cc(CN3CCOCC3)c2)c1. The Morgan fingerprint density at radius 3 is 2.64 bits per heavy atom. The number of hydrogen-bond donors (Lipinski definition) is 2. The number of nitrogens with zero attached hydrogens (tertiary/aromatic N) is 1. The minimum atomic E-state index is -0.746. The first-order valence-electron chi connectivity index (χ1n) is 7.97. The molecule has 0 atom stereocenters. The molecule has 132 valence electrons. The van der Waals surface area contributed by atoms with E-state index in [0.717, 1.165) is 18.7 Å². The van der Waals surface area contributed by atoms with Gasteiger partial charge in [-0.1, -0.05) is 0 Å². The Bertz CT molecular complexity index is 777. The molecule has 0 bridgehead atoms. The molecule has 3 rings (SSSR count). The van der Waals surface area contributed by atoms with Crippen LogP contribution in [-0.2, 0) is 11.3 Å². The van der Waals surface area contributed by atoms with Gasteiger partial charge in [0.05, 0.1) is 13.2 Å². The molecule has 1 aliphatic rings. The minimum absolute atomic E-state index is 0.203. The van der Waals surface area contributed by atoms with Crippen molar-refractivity contribution >= 4 is 11.7 Å². The number of benzene rings is 2. The fourth-order valence-electron chi connectivity index (χ4n) is 2.88. The lowest BCUT2D eigenvalue weighted by Crippen LogP contribution is -2.35. The maximum absolute atomic E-state index is 14.2. The second kappa shape index (κ2) is 7.58. The first kappa shape index (κ1) is 17.3. The normalized spacial score (nSPS) is 15.1. The van der Waals surface area contributed by atoms with E-state index >= 15 is 0 Å². The van der Waals surface area contributed by atoms with Gasteiger partial charge in [-0.05, 0) is 47.5 Å². The zero-order chi connectivity index (χ0) is 17.8. The molecule has 0 unspecified atom stereocenters. The fraction of sp³-hybridized carbons (Fsp3) is 0.278. The van der Waals surface area contributed by atoms with Gasteiger partial charge in [0, 0.05) is 30.9 Å². The van der Waals surface area contributed by atoms with Crippen molar-refractivity contribution in [2.45, 2.75) is 6.54 Å². The molecule has 0 saturated carbocycles. The number of hydrogen-bond acceptors (Lipinski definition) is 3. The molecule has 2 aromatic rings. The van der Waals surface area contributed by atoms with E-state index in [1.165, 1.54) is 30.3 Å². The highest BCUT2D eigenvalue weighted by Gasteiger charge is 2.14. The van der Waals surface area contributed by atoms with E-state index in [-0.39, 0.29) is 5.56 Å². The van der Waals surface area contributed by atoms with Gasteiger partial charge in [-0.3, -0.25) is 4.90 Å². The van der Waals surface area contributed by atoms with Crippen LogP contribution in [0, 0.1) is 11.6 Å². The van der Waals surface area contributed by atoms with Crippen molar-refractivity contribution < 1.29 is 18.3 Å². The van der Waals surface area contributed by atoms with Crippen LogP contribution < -0.4 is 11.1 Å². The van der Waals surface area contributed by atoms with Crippen molar-refractivity contribution in [3.05, 3.63) is 53.6 Å². The van der Waals surface area contributed by atoms with Crippen LogP contribution in [0.25, 0.3) is 11.1 Å². The van der Waals surface area contributed by atoms with Crippen LogP contribution >= 0.6 is 0 Å². The molecule has 0 aliphatic carbocycles. The predicted molar refractivity (Wildman–Crippen MR) is 91.1 cm³/mol. The summed E-state index contributed by atoms with van der Waals surface area (Å²) in [6.07, 6.45) is 0. The van der Waals surface area contributed by atoms with Crippen molar-refractivity contribution in [2.75, 3.05) is 31.6 Å². The van der Waals surface area contributed by atoms with E-state index in [9.17, 15) is 13.6 Å². The van der Waals surface area contributed by atoms with Crippen molar-refractivity contribution in [1.82, 2.24) is 4.90 Å². The van der Waals surface area contributed by atoms with Crippen LogP contribution in [0.1, 0.15) is 5.56 Å². The van der Waals surface area contributed by atoms with Crippen LogP contribution in [0.3, 0.4) is 0 Å². The van der Waals surface area contributed by atoms with Gasteiger partial charge < -0.3 is 15.8 Å². The van der Waals surface area contributed by atoms with E-state index in [0.29, 0.717) is 31.0 Å². The molecule has 0 aromatic heterocycles. The molecule has 0 radical (unpaired) electrons. The number of rotatable bonds is 4. The minimum Gasteiger partial charge on any atom is -0.379 e. The zero-order valence-electron chi connectivity index (χ0n) is 13.6. The molecule has 0 spiro atoms. The summed E-state index contributed by atoms with van der Waals surface area (Å²) in [5, 5.41) is 2.39. The molecule has 1 fully saturated rings. The first-order valence-corrected chi connectivity index (χ1v) is 7.97. The zero-order valence-corrected chi connectivity index (χ0v) is 13.6. The number of urea groups is 1. The summed E-state index contributed by atoms with van der Waals surface area (Å²) >= 11 is 0. The van der Waals surface area contributed by atoms with Crippen LogP contribution in [0.4, 0.5) is 19.3 Å². The number of ether oxygens (including phenoxy) is 1. The molecule has 3 N–H and O–H groups in total. The van der Waals surface area contributed by atoms with Crippen LogP contribution in [0.2, 0.25) is 0 Å². The summed E-state index contributed by atoms with van der Waals surface area (Å²) in [7, 11) is 0. The highest BCUT2D eigenvalue weighted by atomic mass is 19.1. The average molecular weight is 347 g/mol. The number of amides is 2. The standard InChI is InChI=1S/C18H19F2N3O2/c19-14-8-12(11-23-3-5-25-6-4-23)7-13(9-14)16-10-15(22-18(21)24)1-2-17(16)20/h1-2,7-10H,3-6,11H2,(H3,21,22,24). The van der Waals surface area contributed by atoms with Gasteiger partial charge in [0.2, 0.25) is 0 Å². The molecular formula is C18H19F2N3O2. The number of carbonyl (C=O) groups excluding carboxylic acids is 1. The Balaban J connectivity index is 1.90. The Kier molecular flexibility index (Phi) is 5.25. The van der Waals surface area contributed by atoms with Crippen LogP contribution in [0.5, 0.6) is 0 Å². The Hall–Kier alpha value is -2.51. The smallest absolute Gasteiger partial charge is 0.316 e. The third-order valence-electron chi connectivity index (χ3n) is 4.01. The molecule has 2 amide bonds. The van der Waals surface area contributed by atoms with E-state index in [2.05, 4.69) is 10.2 Å². The molecule has 7 heteroatoms. The quantitative estimate of drug-likeness (QED) is 0.894. The van der Waals surface area contributed by atoms with Gasteiger partial charge >= 0.3 is 6.03 Å². The van der Waals surface area contributed by atoms with Crippen molar-refractivity contribution in [1.29, 1.82) is 0 Å². The van der Waals surface area contributed by atoms with E-state index in [4.69, 9.17) is 10.5 Å². The molecular weight excluding hydrogens is 328 g/mol. The Morgan fingerprint density at radius 2 is 1.92 bits per heavy atom. The lowest BCUT2D eigenvalue weighted by Gasteiger charge is -2.26. The summed E-state index contributed by atoms with van der Waals surface area (Å²) in [5.74, 6) is -0.939. The van der Waals surface area contributed by atoms with Crippen molar-refractivity contribution in [3.8, 4) is 11.1 Å². The first-order chi connectivity index (χ1) is 12.0. The lowest BCUT2D eigenvalue weighted by molar-refractivity contribution is 0.0341. The fourth-order valence-corrected chi connectivity index (χ4v) is 2.88. The van der Waals surface area contributed by atoms with Crippen LogP contribution in [-0.4, -0.2) is 37.2 Å². The van der Waals surface area contributed by atoms with Gasteiger partial charge in [-0.2, -0.15) is 0 Å². The number of halogens is 2. The van der Waals surface area contributed by atoms with E-state index in [1.54, 1.807) is 6.07 Å². The molecule has 1 saturated heterocycles. The largest absolute Gasteiger partial charge is 0.379 e. The monoisotopic (exact) mass is 347 g/mol. The number of primary amides is 1. The third-order valence-corrected chi connectivity index (χ3v) is 4.01. The van der Waals surface area contributed by atoms with Gasteiger partial charge in [-0.15, -0.1) is 0 Å². The van der Waals surface area contributed by atoms with Gasteiger partial charge in [0.15, 0.2) is 0 Å². The number of carbonyl (C=O) groups is 1. The molecule has 1 heterocycles. The maximum atomic E-state index is 14.2. The molecule has 1 aliphatic heterocycles. The summed E-state index contributed by atoms with van der Waals surface area (Å²) in [6, 6.07) is 7.78. The second-order valence-corrected chi connectivity index (χ2v) is 5.92. The van der Waals surface area contributed by atoms with Crippen molar-refractivity contribution in [2.24, 2.45) is 5.73 Å². The second-order valence-electron chi connectivity index (χ2n) is 5.92. The van der Waals surface area contributed by atoms with Gasteiger partial charge in [0.1, 0.15) is 11.6 Å². The molecule has 5 nitrogen and oxygen atoms in total. The lowest BCUT2D eigenvalue weighted by atomic mass is 10.0. The Labute approximate surface area is 144 Å². The van der Waals surface area contributed by atoms with E-state index < -0.39 is 17.7 Å². The highest BCUT2D eigenvalue weighted by Crippen LogP contribution is 2.28. The number of morpholine rings is 1. The van der Waals surface area contributed by atoms with Crippen molar-refractivity contribution in [3.63, 3.8) is 0 Å². The average Bonchev–Trinajstić information content (AvgIpc) is 2.56. The molecule has 25 heavy (non-hydrogen) atoms. The number of anilines is 1. The topological polar surface area (TPSA) is 67.6 Å². The Morgan fingerprint density at radius 1 is 1.16 bits per heavy atom. The summed E-state index contributed by atoms with van der Waals surface area (Å²) in [4.78, 5) is 13.1. The molecule has 2 aromatic carbocycles. The number of nitrogens with two attached hydrogens (primary N) is 1. The highest BCUT2D eigenvalue weighted by molar-refractivity contribution is 5.88. The number of nitrogens with one attached hydrogen (secondary N) is 1.